The molecule has 0 spiro atoms. The van der Waals surface area contributed by atoms with Gasteiger partial charge < -0.3 is 0 Å². The van der Waals surface area contributed by atoms with Gasteiger partial charge in [-0.3, -0.25) is 4.39 Å². The summed E-state index contributed by atoms with van der Waals surface area (Å²) in [5, 5.41) is 0. The first kappa shape index (κ1) is 6.70. The Morgan fingerprint density at radius 2 is 2.36 bits per heavy atom. The van der Waals surface area contributed by atoms with Crippen LogP contribution in [0.3, 0.4) is 0 Å². The molecule has 11 heavy (non-hydrogen) atoms. The molecule has 0 atom stereocenters. The Morgan fingerprint density at radius 3 is 2.82 bits per heavy atom. The van der Waals surface area contributed by atoms with Crippen LogP contribution in [0.2, 0.25) is 0 Å². The van der Waals surface area contributed by atoms with Crippen LogP contribution in [0.25, 0.3) is 0 Å². The van der Waals surface area contributed by atoms with Gasteiger partial charge in [0, 0.05) is 11.6 Å². The standard InChI is InChI=1S/C8H9FN2/c9-5-8(2-3-8)7-1-4-10-6-11-7/h1,4,6H,2-3,5H2. The van der Waals surface area contributed by atoms with Crippen LogP contribution in [0, 0.1) is 0 Å². The van der Waals surface area contributed by atoms with Gasteiger partial charge in [-0.1, -0.05) is 0 Å². The van der Waals surface area contributed by atoms with E-state index in [9.17, 15) is 4.39 Å². The molecule has 1 aromatic heterocycles. The predicted octanol–water partition coefficient (Wildman–Crippen LogP) is 1.48. The second-order valence-corrected chi connectivity index (χ2v) is 3.01. The van der Waals surface area contributed by atoms with E-state index in [0.29, 0.717) is 0 Å². The zero-order chi connectivity index (χ0) is 7.73. The Morgan fingerprint density at radius 1 is 1.55 bits per heavy atom. The van der Waals surface area contributed by atoms with Crippen molar-refractivity contribution in [3.63, 3.8) is 0 Å². The van der Waals surface area contributed by atoms with Crippen molar-refractivity contribution in [3.05, 3.63) is 24.3 Å². The van der Waals surface area contributed by atoms with Gasteiger partial charge in [0.05, 0.1) is 5.69 Å². The van der Waals surface area contributed by atoms with Gasteiger partial charge in [0.1, 0.15) is 13.0 Å². The molecule has 0 unspecified atom stereocenters. The maximum atomic E-state index is 12.5. The molecule has 1 aromatic rings. The predicted molar refractivity (Wildman–Crippen MR) is 38.9 cm³/mol. The third-order valence-electron chi connectivity index (χ3n) is 2.23. The highest BCUT2D eigenvalue weighted by Crippen LogP contribution is 2.47. The minimum Gasteiger partial charge on any atom is -0.250 e. The molecule has 3 heteroatoms. The molecule has 2 nitrogen and oxygen atoms in total. The van der Waals surface area contributed by atoms with Crippen molar-refractivity contribution in [2.75, 3.05) is 6.67 Å². The van der Waals surface area contributed by atoms with Gasteiger partial charge in [0.15, 0.2) is 0 Å². The molecule has 1 saturated carbocycles. The van der Waals surface area contributed by atoms with Gasteiger partial charge in [-0.15, -0.1) is 0 Å². The van der Waals surface area contributed by atoms with E-state index in [1.165, 1.54) is 6.33 Å². The minimum atomic E-state index is -0.288. The topological polar surface area (TPSA) is 25.8 Å². The molecule has 0 N–H and O–H groups in total. The van der Waals surface area contributed by atoms with Crippen molar-refractivity contribution in [2.45, 2.75) is 18.3 Å². The third-order valence-corrected chi connectivity index (χ3v) is 2.23. The van der Waals surface area contributed by atoms with Crippen LogP contribution in [0.5, 0.6) is 0 Å². The Hall–Kier alpha value is -0.990. The highest BCUT2D eigenvalue weighted by atomic mass is 19.1. The quantitative estimate of drug-likeness (QED) is 0.641. The average Bonchev–Trinajstić information content (AvgIpc) is 2.86. The van der Waals surface area contributed by atoms with E-state index in [1.54, 1.807) is 12.3 Å². The number of nitrogens with zero attached hydrogens (tertiary/aromatic N) is 2. The van der Waals surface area contributed by atoms with E-state index in [1.807, 2.05) is 0 Å². The van der Waals surface area contributed by atoms with E-state index < -0.39 is 0 Å². The van der Waals surface area contributed by atoms with Crippen LogP contribution in [-0.2, 0) is 5.41 Å². The van der Waals surface area contributed by atoms with Crippen molar-refractivity contribution >= 4 is 0 Å². The zero-order valence-electron chi connectivity index (χ0n) is 6.13. The summed E-state index contributed by atoms with van der Waals surface area (Å²) in [6, 6.07) is 1.80. The van der Waals surface area contributed by atoms with Crippen molar-refractivity contribution in [1.29, 1.82) is 0 Å². The van der Waals surface area contributed by atoms with Gasteiger partial charge in [-0.05, 0) is 18.9 Å². The summed E-state index contributed by atoms with van der Waals surface area (Å²) >= 11 is 0. The molecule has 1 aliphatic rings. The third kappa shape index (κ3) is 1.00. The summed E-state index contributed by atoms with van der Waals surface area (Å²) in [7, 11) is 0. The second kappa shape index (κ2) is 2.26. The fraction of sp³-hybridized carbons (Fsp3) is 0.500. The molecule has 1 heterocycles. The molecule has 0 aromatic carbocycles. The highest BCUT2D eigenvalue weighted by molar-refractivity contribution is 5.22. The van der Waals surface area contributed by atoms with E-state index >= 15 is 0 Å². The molecule has 58 valence electrons. The SMILES string of the molecule is FCC1(c2ccncn2)CC1. The molecular weight excluding hydrogens is 143 g/mol. The van der Waals surface area contributed by atoms with Gasteiger partial charge in [0.2, 0.25) is 0 Å². The van der Waals surface area contributed by atoms with Gasteiger partial charge in [0.25, 0.3) is 0 Å². The summed E-state index contributed by atoms with van der Waals surface area (Å²) in [4.78, 5) is 7.82. The Balaban J connectivity index is 2.30. The number of halogens is 1. The lowest BCUT2D eigenvalue weighted by Crippen LogP contribution is -2.10. The average molecular weight is 152 g/mol. The highest BCUT2D eigenvalue weighted by Gasteiger charge is 2.45. The van der Waals surface area contributed by atoms with E-state index in [4.69, 9.17) is 0 Å². The number of hydrogen-bond donors (Lipinski definition) is 0. The first-order valence-electron chi connectivity index (χ1n) is 3.70. The smallest absolute Gasteiger partial charge is 0.115 e. The van der Waals surface area contributed by atoms with Crippen LogP contribution in [0.15, 0.2) is 18.6 Å². The largest absolute Gasteiger partial charge is 0.250 e. The lowest BCUT2D eigenvalue weighted by Gasteiger charge is -2.07. The van der Waals surface area contributed by atoms with Crippen LogP contribution in [0.1, 0.15) is 18.5 Å². The van der Waals surface area contributed by atoms with Gasteiger partial charge in [-0.2, -0.15) is 0 Å². The molecular formula is C8H9FN2. The number of hydrogen-bond acceptors (Lipinski definition) is 2. The second-order valence-electron chi connectivity index (χ2n) is 3.01. The molecule has 1 fully saturated rings. The Kier molecular flexibility index (Phi) is 1.37. The van der Waals surface area contributed by atoms with Crippen molar-refractivity contribution < 1.29 is 4.39 Å². The summed E-state index contributed by atoms with van der Waals surface area (Å²) < 4.78 is 12.5. The first-order valence-corrected chi connectivity index (χ1v) is 3.70. The van der Waals surface area contributed by atoms with Crippen molar-refractivity contribution in [1.82, 2.24) is 9.97 Å². The van der Waals surface area contributed by atoms with Crippen LogP contribution >= 0.6 is 0 Å². The summed E-state index contributed by atoms with van der Waals surface area (Å²) in [6.45, 7) is -0.288. The number of rotatable bonds is 2. The molecule has 1 aliphatic carbocycles. The zero-order valence-corrected chi connectivity index (χ0v) is 6.13. The van der Waals surface area contributed by atoms with Crippen molar-refractivity contribution in [3.8, 4) is 0 Å². The Bertz CT molecular complexity index is 244. The van der Waals surface area contributed by atoms with Crippen LogP contribution in [-0.4, -0.2) is 16.6 Å². The molecule has 0 aliphatic heterocycles. The monoisotopic (exact) mass is 152 g/mol. The summed E-state index contributed by atoms with van der Waals surface area (Å²) in [5.74, 6) is 0. The maximum Gasteiger partial charge on any atom is 0.115 e. The fourth-order valence-corrected chi connectivity index (χ4v) is 1.21. The Labute approximate surface area is 64.5 Å². The minimum absolute atomic E-state index is 0.233. The molecule has 0 bridgehead atoms. The number of aromatic nitrogens is 2. The van der Waals surface area contributed by atoms with Crippen LogP contribution in [0.4, 0.5) is 4.39 Å². The first-order chi connectivity index (χ1) is 5.37. The summed E-state index contributed by atoms with van der Waals surface area (Å²) in [5.41, 5.74) is 0.623. The lowest BCUT2D eigenvalue weighted by atomic mass is 10.1. The molecule has 0 radical (unpaired) electrons. The lowest BCUT2D eigenvalue weighted by molar-refractivity contribution is 0.411. The van der Waals surface area contributed by atoms with E-state index in [-0.39, 0.29) is 12.1 Å². The maximum absolute atomic E-state index is 12.5. The van der Waals surface area contributed by atoms with Crippen LogP contribution < -0.4 is 0 Å². The molecule has 0 saturated heterocycles. The normalized spacial score (nSPS) is 19.7. The number of alkyl halides is 1. The molecule has 0 amide bonds. The van der Waals surface area contributed by atoms with E-state index in [0.717, 1.165) is 18.5 Å². The van der Waals surface area contributed by atoms with Crippen molar-refractivity contribution in [2.24, 2.45) is 0 Å². The summed E-state index contributed by atoms with van der Waals surface area (Å²) in [6.07, 6.45) is 5.00. The van der Waals surface area contributed by atoms with Gasteiger partial charge in [-0.25, -0.2) is 9.97 Å². The fourth-order valence-electron chi connectivity index (χ4n) is 1.21. The van der Waals surface area contributed by atoms with E-state index in [2.05, 4.69) is 9.97 Å². The molecule has 2 rings (SSSR count). The van der Waals surface area contributed by atoms with Gasteiger partial charge >= 0.3 is 0 Å².